The zero-order valence-corrected chi connectivity index (χ0v) is 23.1. The number of benzene rings is 3. The Labute approximate surface area is 234 Å². The molecule has 1 aliphatic carbocycles. The van der Waals surface area contributed by atoms with Gasteiger partial charge in [0.2, 0.25) is 5.91 Å². The molecule has 5 rings (SSSR count). The maximum atomic E-state index is 12.9. The van der Waals surface area contributed by atoms with E-state index in [1.54, 1.807) is 27.4 Å². The summed E-state index contributed by atoms with van der Waals surface area (Å²) in [6.45, 7) is 0. The molecule has 0 unspecified atom stereocenters. The van der Waals surface area contributed by atoms with E-state index >= 15 is 0 Å². The summed E-state index contributed by atoms with van der Waals surface area (Å²) in [6, 6.07) is 19.2. The molecule has 3 aromatic carbocycles. The lowest BCUT2D eigenvalue weighted by atomic mass is 9.92. The number of aromatic nitrogens is 1. The average molecular weight is 546 g/mol. The zero-order chi connectivity index (χ0) is 26.5. The Bertz CT molecular complexity index is 1520. The van der Waals surface area contributed by atoms with Crippen LogP contribution in [0.4, 0.5) is 17.1 Å². The van der Waals surface area contributed by atoms with E-state index in [2.05, 4.69) is 10.6 Å². The summed E-state index contributed by atoms with van der Waals surface area (Å²) in [4.78, 5) is 17.8. The van der Waals surface area contributed by atoms with Gasteiger partial charge in [0.25, 0.3) is 0 Å². The molecule has 4 aromatic rings. The van der Waals surface area contributed by atoms with Crippen LogP contribution in [0.3, 0.4) is 0 Å². The van der Waals surface area contributed by atoms with Crippen LogP contribution in [0.1, 0.15) is 29.7 Å². The number of hydrogen-bond donors (Lipinski definition) is 2. The molecule has 8 heteroatoms. The number of para-hydroxylation sites is 3. The van der Waals surface area contributed by atoms with Gasteiger partial charge in [-0.05, 0) is 73.7 Å². The van der Waals surface area contributed by atoms with Crippen molar-refractivity contribution in [2.24, 2.45) is 0 Å². The Morgan fingerprint density at radius 3 is 2.46 bits per heavy atom. The monoisotopic (exact) mass is 545 g/mol. The molecule has 0 saturated carbocycles. The van der Waals surface area contributed by atoms with E-state index in [4.69, 9.17) is 19.2 Å². The molecular weight excluding hydrogens is 514 g/mol. The molecule has 1 aliphatic rings. The Morgan fingerprint density at radius 2 is 1.67 bits per heavy atom. The molecule has 0 bridgehead atoms. The zero-order valence-electron chi connectivity index (χ0n) is 22.2. The summed E-state index contributed by atoms with van der Waals surface area (Å²) in [5.41, 5.74) is 6.58. The van der Waals surface area contributed by atoms with Crippen molar-refractivity contribution in [2.45, 2.75) is 25.7 Å². The van der Waals surface area contributed by atoms with Crippen molar-refractivity contribution >= 4 is 52.4 Å². The number of amides is 1. The summed E-state index contributed by atoms with van der Waals surface area (Å²) >= 11 is 0. The first kappa shape index (κ1) is 27.8. The van der Waals surface area contributed by atoms with E-state index in [0.717, 1.165) is 65.0 Å². The van der Waals surface area contributed by atoms with E-state index in [9.17, 15) is 4.79 Å². The molecule has 0 atom stereocenters. The molecule has 7 nitrogen and oxygen atoms in total. The lowest BCUT2D eigenvalue weighted by Crippen LogP contribution is -2.11. The van der Waals surface area contributed by atoms with Crippen molar-refractivity contribution in [3.8, 4) is 17.2 Å². The van der Waals surface area contributed by atoms with Gasteiger partial charge >= 0.3 is 0 Å². The van der Waals surface area contributed by atoms with E-state index in [-0.39, 0.29) is 18.3 Å². The molecule has 202 valence electrons. The third-order valence-electron chi connectivity index (χ3n) is 6.74. The number of carbonyl (C=O) groups excluding carboxylic acids is 1. The molecule has 2 N–H and O–H groups in total. The molecule has 1 heterocycles. The topological polar surface area (TPSA) is 81.7 Å². The second-order valence-electron chi connectivity index (χ2n) is 9.08. The normalized spacial score (nSPS) is 12.4. The molecule has 0 spiro atoms. The summed E-state index contributed by atoms with van der Waals surface area (Å²) in [7, 11) is 4.83. The Balaban J connectivity index is 0.00000353. The maximum absolute atomic E-state index is 12.9. The quantitative estimate of drug-likeness (QED) is 0.233. The minimum Gasteiger partial charge on any atom is -0.495 e. The van der Waals surface area contributed by atoms with E-state index < -0.39 is 0 Å². The Hall–Kier alpha value is -4.23. The van der Waals surface area contributed by atoms with Crippen LogP contribution in [0.25, 0.3) is 17.0 Å². The van der Waals surface area contributed by atoms with Crippen molar-refractivity contribution in [1.29, 1.82) is 0 Å². The summed E-state index contributed by atoms with van der Waals surface area (Å²) in [5.74, 6) is 1.70. The van der Waals surface area contributed by atoms with Crippen molar-refractivity contribution < 1.29 is 19.0 Å². The van der Waals surface area contributed by atoms with Crippen molar-refractivity contribution in [2.75, 3.05) is 32.0 Å². The smallest absolute Gasteiger partial charge is 0.248 e. The van der Waals surface area contributed by atoms with E-state index in [0.29, 0.717) is 17.2 Å². The van der Waals surface area contributed by atoms with Gasteiger partial charge in [-0.3, -0.25) is 9.78 Å². The van der Waals surface area contributed by atoms with Gasteiger partial charge in [0.05, 0.1) is 38.2 Å². The van der Waals surface area contributed by atoms with Gasteiger partial charge in [0.1, 0.15) is 5.75 Å². The summed E-state index contributed by atoms with van der Waals surface area (Å²) in [5, 5.41) is 7.57. The second-order valence-corrected chi connectivity index (χ2v) is 9.08. The molecule has 0 aliphatic heterocycles. The molecule has 0 radical (unpaired) electrons. The number of anilines is 3. The summed E-state index contributed by atoms with van der Waals surface area (Å²) in [6.07, 6.45) is 7.37. The minimum absolute atomic E-state index is 0. The predicted octanol–water partition coefficient (Wildman–Crippen LogP) is 6.96. The predicted molar refractivity (Wildman–Crippen MR) is 159 cm³/mol. The van der Waals surface area contributed by atoms with Gasteiger partial charge in [-0.2, -0.15) is 0 Å². The number of ether oxygens (including phenoxy) is 3. The largest absolute Gasteiger partial charge is 0.495 e. The van der Waals surface area contributed by atoms with Gasteiger partial charge in [0.15, 0.2) is 11.5 Å². The first-order valence-electron chi connectivity index (χ1n) is 12.7. The van der Waals surface area contributed by atoms with E-state index in [1.807, 2.05) is 60.7 Å². The molecule has 39 heavy (non-hydrogen) atoms. The number of nitrogens with zero attached hydrogens (tertiary/aromatic N) is 1. The third-order valence-corrected chi connectivity index (χ3v) is 6.74. The van der Waals surface area contributed by atoms with Crippen LogP contribution in [-0.4, -0.2) is 32.2 Å². The van der Waals surface area contributed by atoms with Crippen LogP contribution >= 0.6 is 12.4 Å². The third kappa shape index (κ3) is 5.94. The maximum Gasteiger partial charge on any atom is 0.248 e. The number of hydrogen-bond acceptors (Lipinski definition) is 6. The van der Waals surface area contributed by atoms with Crippen LogP contribution in [0, 0.1) is 0 Å². The van der Waals surface area contributed by atoms with Gasteiger partial charge in [-0.25, -0.2) is 0 Å². The Morgan fingerprint density at radius 1 is 0.897 bits per heavy atom. The van der Waals surface area contributed by atoms with Crippen molar-refractivity contribution in [3.63, 3.8) is 0 Å². The molecule has 1 aromatic heterocycles. The van der Waals surface area contributed by atoms with Crippen LogP contribution in [0.2, 0.25) is 0 Å². The first-order valence-corrected chi connectivity index (χ1v) is 12.7. The second kappa shape index (κ2) is 12.5. The van der Waals surface area contributed by atoms with E-state index in [1.165, 1.54) is 11.6 Å². The van der Waals surface area contributed by atoms with Crippen LogP contribution in [-0.2, 0) is 17.6 Å². The van der Waals surface area contributed by atoms with Crippen LogP contribution in [0.15, 0.2) is 66.7 Å². The minimum atomic E-state index is -0.251. The standard InChI is InChI=1S/C31H31N3O4.ClH/c1-36-27-13-7-6-12-26(27)34-30-22-10-4-5-11-24(22)33-25-17-16-21(19-23(25)30)32-29(35)18-15-20-9-8-14-28(37-2)31(20)38-3;/h6-9,12-19H,4-5,10-11H2,1-3H3,(H,32,35)(H,33,34);1H/b18-15+;. The number of aryl methyl sites for hydroxylation is 1. The van der Waals surface area contributed by atoms with Gasteiger partial charge in [-0.15, -0.1) is 12.4 Å². The number of pyridine rings is 1. The molecule has 1 amide bonds. The highest BCUT2D eigenvalue weighted by atomic mass is 35.5. The molecule has 0 saturated heterocycles. The fourth-order valence-corrected chi connectivity index (χ4v) is 4.92. The van der Waals surface area contributed by atoms with Crippen LogP contribution in [0.5, 0.6) is 17.2 Å². The molecule has 0 fully saturated rings. The van der Waals surface area contributed by atoms with Gasteiger partial charge < -0.3 is 24.8 Å². The average Bonchev–Trinajstić information content (AvgIpc) is 2.96. The fourth-order valence-electron chi connectivity index (χ4n) is 4.92. The van der Waals surface area contributed by atoms with Crippen molar-refractivity contribution in [1.82, 2.24) is 4.98 Å². The SMILES string of the molecule is COc1ccccc1Nc1c2c(nc3ccc(NC(=O)/C=C/c4cccc(OC)c4OC)cc13)CCCC2.Cl. The lowest BCUT2D eigenvalue weighted by molar-refractivity contribution is -0.111. The number of halogens is 1. The number of rotatable bonds is 8. The summed E-state index contributed by atoms with van der Waals surface area (Å²) < 4.78 is 16.4. The number of nitrogens with one attached hydrogen (secondary N) is 2. The highest BCUT2D eigenvalue weighted by Gasteiger charge is 2.20. The Kier molecular flexibility index (Phi) is 8.94. The van der Waals surface area contributed by atoms with Gasteiger partial charge in [0, 0.05) is 28.4 Å². The highest BCUT2D eigenvalue weighted by molar-refractivity contribution is 6.05. The van der Waals surface area contributed by atoms with Gasteiger partial charge in [-0.1, -0.05) is 24.3 Å². The number of carbonyl (C=O) groups is 1. The lowest BCUT2D eigenvalue weighted by Gasteiger charge is -2.22. The highest BCUT2D eigenvalue weighted by Crippen LogP contribution is 2.38. The number of fused-ring (bicyclic) bond motifs is 2. The molecular formula is C31H32ClN3O4. The fraction of sp³-hybridized carbons (Fsp3) is 0.226. The first-order chi connectivity index (χ1) is 18.6. The van der Waals surface area contributed by atoms with Crippen LogP contribution < -0.4 is 24.8 Å². The van der Waals surface area contributed by atoms with Crippen molar-refractivity contribution in [3.05, 3.63) is 83.6 Å². The number of methoxy groups -OCH3 is 3.